The standard InChI is InChI=1S/C22H35N3O5/c1-12(2)11-17(22(29)30-6)25-20(27)14(5)24-21(28)19(26)18(23)16-9-7-15(8-10-16)13(3)4/h7-10,12-14,17-19,26H,11,23H2,1-6H3,(H,24,28)(H,25,27)/p+1/t14-,17+,18+,19-/m0/s1. The molecule has 30 heavy (non-hydrogen) atoms. The number of carbonyl (C=O) groups excluding carboxylic acids is 3. The van der Waals surface area contributed by atoms with Gasteiger partial charge in [0, 0.05) is 5.56 Å². The first-order valence-electron chi connectivity index (χ1n) is 10.3. The maximum Gasteiger partial charge on any atom is 0.328 e. The number of amides is 2. The fourth-order valence-corrected chi connectivity index (χ4v) is 2.98. The number of nitrogens with one attached hydrogen (secondary N) is 2. The highest BCUT2D eigenvalue weighted by molar-refractivity contribution is 5.91. The summed E-state index contributed by atoms with van der Waals surface area (Å²) in [7, 11) is 1.26. The third kappa shape index (κ3) is 7.42. The number of carbonyl (C=O) groups is 3. The predicted octanol–water partition coefficient (Wildman–Crippen LogP) is 0.663. The summed E-state index contributed by atoms with van der Waals surface area (Å²) in [4.78, 5) is 36.7. The van der Waals surface area contributed by atoms with E-state index in [1.165, 1.54) is 14.0 Å². The predicted molar refractivity (Wildman–Crippen MR) is 113 cm³/mol. The lowest BCUT2D eigenvalue weighted by atomic mass is 9.97. The zero-order chi connectivity index (χ0) is 23.0. The largest absolute Gasteiger partial charge is 0.467 e. The van der Waals surface area contributed by atoms with Crippen LogP contribution in [0, 0.1) is 5.92 Å². The van der Waals surface area contributed by atoms with Crippen molar-refractivity contribution in [3.05, 3.63) is 35.4 Å². The number of esters is 1. The van der Waals surface area contributed by atoms with Crippen molar-refractivity contribution in [3.63, 3.8) is 0 Å². The molecule has 0 saturated carbocycles. The van der Waals surface area contributed by atoms with Crippen molar-refractivity contribution >= 4 is 17.8 Å². The van der Waals surface area contributed by atoms with Crippen LogP contribution in [0.15, 0.2) is 24.3 Å². The molecule has 8 heteroatoms. The molecule has 0 aliphatic rings. The van der Waals surface area contributed by atoms with Crippen LogP contribution >= 0.6 is 0 Å². The Balaban J connectivity index is 2.72. The zero-order valence-corrected chi connectivity index (χ0v) is 18.8. The third-order valence-electron chi connectivity index (χ3n) is 4.94. The number of quaternary nitrogens is 1. The Morgan fingerprint density at radius 2 is 1.50 bits per heavy atom. The van der Waals surface area contributed by atoms with Gasteiger partial charge in [-0.1, -0.05) is 52.0 Å². The molecule has 0 unspecified atom stereocenters. The Bertz CT molecular complexity index is 718. The normalized spacial score (nSPS) is 15.3. The monoisotopic (exact) mass is 422 g/mol. The molecule has 1 aromatic rings. The van der Waals surface area contributed by atoms with E-state index in [0.717, 1.165) is 11.1 Å². The third-order valence-corrected chi connectivity index (χ3v) is 4.94. The van der Waals surface area contributed by atoms with Gasteiger partial charge in [-0.3, -0.25) is 9.59 Å². The number of methoxy groups -OCH3 is 1. The lowest BCUT2D eigenvalue weighted by molar-refractivity contribution is -0.440. The SMILES string of the molecule is COC(=O)[C@@H](CC(C)C)NC(=O)[C@H](C)NC(=O)[C@@H](O)[C@H]([NH3+])c1ccc(C(C)C)cc1. The van der Waals surface area contributed by atoms with E-state index >= 15 is 0 Å². The average molecular weight is 423 g/mol. The van der Waals surface area contributed by atoms with E-state index in [1.54, 1.807) is 0 Å². The van der Waals surface area contributed by atoms with Crippen LogP contribution in [0.4, 0.5) is 0 Å². The number of hydrogen-bond donors (Lipinski definition) is 4. The lowest BCUT2D eigenvalue weighted by Gasteiger charge is -2.22. The number of rotatable bonds is 10. The molecule has 8 nitrogen and oxygen atoms in total. The molecule has 0 spiro atoms. The molecule has 0 saturated heterocycles. The second-order valence-corrected chi connectivity index (χ2v) is 8.32. The molecular weight excluding hydrogens is 386 g/mol. The molecule has 0 aliphatic carbocycles. The molecule has 0 aliphatic heterocycles. The van der Waals surface area contributed by atoms with Crippen LogP contribution in [-0.4, -0.2) is 48.2 Å². The molecule has 0 bridgehead atoms. The summed E-state index contributed by atoms with van der Waals surface area (Å²) in [5.74, 6) is -1.25. The summed E-state index contributed by atoms with van der Waals surface area (Å²) >= 11 is 0. The smallest absolute Gasteiger partial charge is 0.328 e. The van der Waals surface area contributed by atoms with E-state index in [0.29, 0.717) is 12.3 Å². The van der Waals surface area contributed by atoms with E-state index in [9.17, 15) is 19.5 Å². The summed E-state index contributed by atoms with van der Waals surface area (Å²) < 4.78 is 4.73. The number of ether oxygens (including phenoxy) is 1. The van der Waals surface area contributed by atoms with Crippen LogP contribution in [-0.2, 0) is 19.1 Å². The van der Waals surface area contributed by atoms with Crippen molar-refractivity contribution in [1.82, 2.24) is 10.6 Å². The maximum absolute atomic E-state index is 12.4. The van der Waals surface area contributed by atoms with Crippen LogP contribution in [0.2, 0.25) is 0 Å². The highest BCUT2D eigenvalue weighted by Gasteiger charge is 2.31. The van der Waals surface area contributed by atoms with E-state index < -0.39 is 42.0 Å². The Morgan fingerprint density at radius 3 is 1.97 bits per heavy atom. The minimum Gasteiger partial charge on any atom is -0.467 e. The number of benzene rings is 1. The van der Waals surface area contributed by atoms with Crippen LogP contribution < -0.4 is 16.4 Å². The lowest BCUT2D eigenvalue weighted by Crippen LogP contribution is -2.63. The first kappa shape index (κ1) is 25.6. The summed E-state index contributed by atoms with van der Waals surface area (Å²) in [5, 5.41) is 15.5. The van der Waals surface area contributed by atoms with Gasteiger partial charge in [-0.25, -0.2) is 4.79 Å². The second-order valence-electron chi connectivity index (χ2n) is 8.32. The van der Waals surface area contributed by atoms with Crippen molar-refractivity contribution in [2.75, 3.05) is 7.11 Å². The Labute approximate surface area is 178 Å². The number of aliphatic hydroxyl groups excluding tert-OH is 1. The van der Waals surface area contributed by atoms with Crippen LogP contribution in [0.1, 0.15) is 64.1 Å². The van der Waals surface area contributed by atoms with Gasteiger partial charge in [0.2, 0.25) is 5.91 Å². The van der Waals surface area contributed by atoms with E-state index in [4.69, 9.17) is 4.74 Å². The molecule has 1 aromatic carbocycles. The molecule has 168 valence electrons. The van der Waals surface area contributed by atoms with Crippen molar-refractivity contribution in [2.45, 2.75) is 71.2 Å². The van der Waals surface area contributed by atoms with Gasteiger partial charge in [0.05, 0.1) is 7.11 Å². The topological polar surface area (TPSA) is 132 Å². The summed E-state index contributed by atoms with van der Waals surface area (Å²) in [6, 6.07) is 5.14. The van der Waals surface area contributed by atoms with Gasteiger partial charge in [0.25, 0.3) is 5.91 Å². The second kappa shape index (κ2) is 11.7. The molecular formula is C22H36N3O5+. The molecule has 0 radical (unpaired) electrons. The van der Waals surface area contributed by atoms with Crippen LogP contribution in [0.3, 0.4) is 0 Å². The van der Waals surface area contributed by atoms with Gasteiger partial charge in [-0.2, -0.15) is 0 Å². The maximum atomic E-state index is 12.4. The number of hydrogen-bond acceptors (Lipinski definition) is 5. The summed E-state index contributed by atoms with van der Waals surface area (Å²) in [6.07, 6.45) is -1.01. The van der Waals surface area contributed by atoms with Crippen molar-refractivity contribution < 1.29 is 30.0 Å². The van der Waals surface area contributed by atoms with Gasteiger partial charge < -0.3 is 26.2 Å². The van der Waals surface area contributed by atoms with Gasteiger partial charge in [-0.15, -0.1) is 0 Å². The summed E-state index contributed by atoms with van der Waals surface area (Å²) in [5.41, 5.74) is 5.77. The van der Waals surface area contributed by atoms with E-state index in [1.807, 2.05) is 38.1 Å². The van der Waals surface area contributed by atoms with Crippen LogP contribution in [0.25, 0.3) is 0 Å². The highest BCUT2D eigenvalue weighted by atomic mass is 16.5. The van der Waals surface area contributed by atoms with Gasteiger partial charge >= 0.3 is 5.97 Å². The van der Waals surface area contributed by atoms with Gasteiger partial charge in [0.15, 0.2) is 6.10 Å². The van der Waals surface area contributed by atoms with Gasteiger partial charge in [-0.05, 0) is 30.7 Å². The average Bonchev–Trinajstić information content (AvgIpc) is 2.70. The zero-order valence-electron chi connectivity index (χ0n) is 18.8. The minimum absolute atomic E-state index is 0.162. The van der Waals surface area contributed by atoms with Crippen molar-refractivity contribution in [2.24, 2.45) is 5.92 Å². The highest BCUT2D eigenvalue weighted by Crippen LogP contribution is 2.18. The number of aliphatic hydroxyl groups is 1. The molecule has 1 rings (SSSR count). The van der Waals surface area contributed by atoms with Gasteiger partial charge in [0.1, 0.15) is 18.1 Å². The Hall–Kier alpha value is -2.45. The fourth-order valence-electron chi connectivity index (χ4n) is 2.98. The molecule has 2 amide bonds. The van der Waals surface area contributed by atoms with E-state index in [2.05, 4.69) is 30.2 Å². The molecule has 0 aromatic heterocycles. The fraction of sp³-hybridized carbons (Fsp3) is 0.591. The minimum atomic E-state index is -1.42. The molecule has 0 fully saturated rings. The molecule has 4 atom stereocenters. The summed E-state index contributed by atoms with van der Waals surface area (Å²) in [6.45, 7) is 9.49. The Morgan fingerprint density at radius 1 is 0.967 bits per heavy atom. The molecule has 6 N–H and O–H groups in total. The Kier molecular flexibility index (Phi) is 9.95. The van der Waals surface area contributed by atoms with Crippen molar-refractivity contribution in [1.29, 1.82) is 0 Å². The first-order valence-corrected chi connectivity index (χ1v) is 10.3. The van der Waals surface area contributed by atoms with Crippen LogP contribution in [0.5, 0.6) is 0 Å². The quantitative estimate of drug-likeness (QED) is 0.411. The molecule has 0 heterocycles. The van der Waals surface area contributed by atoms with Crippen molar-refractivity contribution in [3.8, 4) is 0 Å². The first-order chi connectivity index (χ1) is 14.0. The van der Waals surface area contributed by atoms with E-state index in [-0.39, 0.29) is 5.92 Å².